The van der Waals surface area contributed by atoms with Crippen LogP contribution in [-0.2, 0) is 0 Å². The second-order valence-corrected chi connectivity index (χ2v) is 7.07. The van der Waals surface area contributed by atoms with E-state index in [2.05, 4.69) is 9.69 Å². The zero-order chi connectivity index (χ0) is 17.8. The van der Waals surface area contributed by atoms with Gasteiger partial charge >= 0.3 is 0 Å². The fourth-order valence-corrected chi connectivity index (χ4v) is 3.62. The minimum atomic E-state index is -0.279. The number of benzene rings is 1. The summed E-state index contributed by atoms with van der Waals surface area (Å²) in [5.74, 6) is -0.272. The molecule has 1 fully saturated rings. The topological polar surface area (TPSA) is 88.3 Å². The summed E-state index contributed by atoms with van der Waals surface area (Å²) in [6.45, 7) is 4.00. The van der Waals surface area contributed by atoms with Crippen molar-refractivity contribution in [3.05, 3.63) is 46.5 Å². The van der Waals surface area contributed by atoms with E-state index in [0.717, 1.165) is 43.0 Å². The molecule has 2 heterocycles. The molecular formula is C18H22N4O2S. The van der Waals surface area contributed by atoms with Crippen molar-refractivity contribution in [2.24, 2.45) is 0 Å². The average Bonchev–Trinajstić information content (AvgIpc) is 3.29. The van der Waals surface area contributed by atoms with Gasteiger partial charge in [-0.1, -0.05) is 37.3 Å². The zero-order valence-electron chi connectivity index (χ0n) is 14.2. The Morgan fingerprint density at radius 1 is 1.28 bits per heavy atom. The molecule has 0 radical (unpaired) electrons. The van der Waals surface area contributed by atoms with E-state index < -0.39 is 0 Å². The number of nitrogens with zero attached hydrogens (tertiary/aromatic N) is 2. The molecule has 0 unspecified atom stereocenters. The third-order valence-corrected chi connectivity index (χ3v) is 5.33. The van der Waals surface area contributed by atoms with Gasteiger partial charge in [-0.05, 0) is 35.9 Å². The van der Waals surface area contributed by atoms with Crippen molar-refractivity contribution in [1.29, 1.82) is 0 Å². The molecule has 3 N–H and O–H groups in total. The number of carbonyl (C=O) groups is 2. The van der Waals surface area contributed by atoms with Crippen LogP contribution in [0.1, 0.15) is 51.4 Å². The van der Waals surface area contributed by atoms with Gasteiger partial charge in [0.15, 0.2) is 5.69 Å². The lowest BCUT2D eigenvalue weighted by Gasteiger charge is -2.14. The molecular weight excluding hydrogens is 336 g/mol. The van der Waals surface area contributed by atoms with Gasteiger partial charge in [0.2, 0.25) is 0 Å². The first-order valence-electron chi connectivity index (χ1n) is 8.45. The highest BCUT2D eigenvalue weighted by Crippen LogP contribution is 2.24. The van der Waals surface area contributed by atoms with Crippen LogP contribution in [-0.4, -0.2) is 40.7 Å². The number of carbonyl (C=O) groups excluding carboxylic acids is 2. The Kier molecular flexibility index (Phi) is 5.33. The zero-order valence-corrected chi connectivity index (χ0v) is 15.0. The van der Waals surface area contributed by atoms with Crippen LogP contribution < -0.4 is 11.1 Å². The second-order valence-electron chi connectivity index (χ2n) is 6.30. The molecule has 1 aliphatic rings. The Labute approximate surface area is 151 Å². The van der Waals surface area contributed by atoms with Gasteiger partial charge in [-0.2, -0.15) is 4.37 Å². The summed E-state index contributed by atoms with van der Waals surface area (Å²) in [6, 6.07) is 9.98. The molecule has 6 nitrogen and oxygen atoms in total. The molecule has 1 aromatic carbocycles. The molecule has 0 aliphatic carbocycles. The summed E-state index contributed by atoms with van der Waals surface area (Å²) in [5.41, 5.74) is 7.58. The highest BCUT2D eigenvalue weighted by molar-refractivity contribution is 7.09. The van der Waals surface area contributed by atoms with Gasteiger partial charge in [-0.3, -0.25) is 9.59 Å². The maximum Gasteiger partial charge on any atom is 0.275 e. The van der Waals surface area contributed by atoms with Gasteiger partial charge in [0.1, 0.15) is 4.88 Å². The third kappa shape index (κ3) is 3.82. The predicted octanol–water partition coefficient (Wildman–Crippen LogP) is 2.49. The van der Waals surface area contributed by atoms with Crippen molar-refractivity contribution in [3.63, 3.8) is 0 Å². The van der Waals surface area contributed by atoms with Crippen molar-refractivity contribution in [3.8, 4) is 0 Å². The van der Waals surface area contributed by atoms with E-state index in [9.17, 15) is 9.59 Å². The monoisotopic (exact) mass is 358 g/mol. The lowest BCUT2D eigenvalue weighted by Crippen LogP contribution is -2.29. The van der Waals surface area contributed by atoms with Crippen LogP contribution in [0.5, 0.6) is 0 Å². The van der Waals surface area contributed by atoms with Gasteiger partial charge in [-0.25, -0.2) is 0 Å². The first kappa shape index (κ1) is 17.4. The van der Waals surface area contributed by atoms with Crippen LogP contribution >= 0.6 is 11.5 Å². The summed E-state index contributed by atoms with van der Waals surface area (Å²) in [4.78, 5) is 26.9. The second kappa shape index (κ2) is 7.65. The summed E-state index contributed by atoms with van der Waals surface area (Å²) in [5, 5.41) is 2.89. The van der Waals surface area contributed by atoms with E-state index in [4.69, 9.17) is 5.73 Å². The first-order valence-corrected chi connectivity index (χ1v) is 9.23. The highest BCUT2D eigenvalue weighted by Gasteiger charge is 2.27. The lowest BCUT2D eigenvalue weighted by molar-refractivity contribution is 0.0789. The van der Waals surface area contributed by atoms with Crippen LogP contribution in [0.4, 0.5) is 5.69 Å². The molecule has 0 saturated carbocycles. The van der Waals surface area contributed by atoms with E-state index in [1.807, 2.05) is 37.3 Å². The molecule has 0 spiro atoms. The van der Waals surface area contributed by atoms with Crippen molar-refractivity contribution < 1.29 is 9.59 Å². The molecule has 0 bridgehead atoms. The Hall–Kier alpha value is -2.41. The van der Waals surface area contributed by atoms with Crippen LogP contribution in [0, 0.1) is 0 Å². The van der Waals surface area contributed by atoms with E-state index in [0.29, 0.717) is 11.4 Å². The number of nitrogen functional groups attached to an aromatic ring is 1. The normalized spacial score (nSPS) is 15.2. The van der Waals surface area contributed by atoms with E-state index >= 15 is 0 Å². The average molecular weight is 358 g/mol. The Morgan fingerprint density at radius 3 is 2.64 bits per heavy atom. The molecule has 3 rings (SSSR count). The Morgan fingerprint density at radius 2 is 1.96 bits per heavy atom. The SMILES string of the molecule is C[C@@H](CNC(=O)c1snc(C(=O)N2CCCC2)c1N)c1ccccc1. The fraction of sp³-hybridized carbons (Fsp3) is 0.389. The largest absolute Gasteiger partial charge is 0.395 e. The molecule has 25 heavy (non-hydrogen) atoms. The molecule has 1 aliphatic heterocycles. The number of aromatic nitrogens is 1. The first-order chi connectivity index (χ1) is 12.1. The van der Waals surface area contributed by atoms with Gasteiger partial charge in [0, 0.05) is 19.6 Å². The molecule has 2 aromatic rings. The smallest absolute Gasteiger partial charge is 0.275 e. The van der Waals surface area contributed by atoms with Gasteiger partial charge < -0.3 is 16.0 Å². The molecule has 7 heteroatoms. The standard InChI is InChI=1S/C18H22N4O2S/c1-12(13-7-3-2-4-8-13)11-20-17(23)16-14(19)15(21-25-16)18(24)22-9-5-6-10-22/h2-4,7-8,12H,5-6,9-11,19H2,1H3,(H,20,23)/t12-/m0/s1. The maximum atomic E-state index is 12.4. The number of likely N-dealkylation sites (tertiary alicyclic amines) is 1. The number of nitrogens with two attached hydrogens (primary N) is 1. The van der Waals surface area contributed by atoms with E-state index in [1.165, 1.54) is 0 Å². The summed E-state index contributed by atoms with van der Waals surface area (Å²) in [6.07, 6.45) is 2.00. The van der Waals surface area contributed by atoms with Crippen LogP contribution in [0.2, 0.25) is 0 Å². The lowest BCUT2D eigenvalue weighted by atomic mass is 10.0. The predicted molar refractivity (Wildman–Crippen MR) is 98.9 cm³/mol. The number of hydrogen-bond acceptors (Lipinski definition) is 5. The fourth-order valence-electron chi connectivity index (χ4n) is 2.91. The molecule has 132 valence electrons. The molecule has 1 aromatic heterocycles. The number of amides is 2. The number of rotatable bonds is 5. The van der Waals surface area contributed by atoms with Crippen molar-refractivity contribution >= 4 is 29.0 Å². The van der Waals surface area contributed by atoms with Crippen LogP contribution in [0.15, 0.2) is 30.3 Å². The van der Waals surface area contributed by atoms with Crippen LogP contribution in [0.25, 0.3) is 0 Å². The summed E-state index contributed by atoms with van der Waals surface area (Å²) < 4.78 is 4.13. The summed E-state index contributed by atoms with van der Waals surface area (Å²) in [7, 11) is 0. The molecule has 1 saturated heterocycles. The Balaban J connectivity index is 1.64. The quantitative estimate of drug-likeness (QED) is 0.859. The number of anilines is 1. The molecule has 1 atom stereocenters. The van der Waals surface area contributed by atoms with Gasteiger partial charge in [0.05, 0.1) is 5.69 Å². The minimum absolute atomic E-state index is 0.178. The van der Waals surface area contributed by atoms with Gasteiger partial charge in [0.25, 0.3) is 11.8 Å². The summed E-state index contributed by atoms with van der Waals surface area (Å²) >= 11 is 0.984. The highest BCUT2D eigenvalue weighted by atomic mass is 32.1. The Bertz CT molecular complexity index is 754. The minimum Gasteiger partial charge on any atom is -0.395 e. The van der Waals surface area contributed by atoms with E-state index in [1.54, 1.807) is 4.90 Å². The van der Waals surface area contributed by atoms with Crippen molar-refractivity contribution in [2.75, 3.05) is 25.4 Å². The van der Waals surface area contributed by atoms with Crippen molar-refractivity contribution in [1.82, 2.24) is 14.6 Å². The number of hydrogen-bond donors (Lipinski definition) is 2. The van der Waals surface area contributed by atoms with E-state index in [-0.39, 0.29) is 29.1 Å². The third-order valence-electron chi connectivity index (χ3n) is 4.47. The van der Waals surface area contributed by atoms with Crippen molar-refractivity contribution in [2.45, 2.75) is 25.7 Å². The van der Waals surface area contributed by atoms with Crippen LogP contribution in [0.3, 0.4) is 0 Å². The van der Waals surface area contributed by atoms with Gasteiger partial charge in [-0.15, -0.1) is 0 Å². The number of nitrogens with one attached hydrogen (secondary N) is 1. The molecule has 2 amide bonds. The maximum absolute atomic E-state index is 12.4.